The number of hydrogen-bond acceptors (Lipinski definition) is 3. The zero-order valence-corrected chi connectivity index (χ0v) is 12.1. The summed E-state index contributed by atoms with van der Waals surface area (Å²) in [7, 11) is 0. The first-order chi connectivity index (χ1) is 9.66. The summed E-state index contributed by atoms with van der Waals surface area (Å²) in [4.78, 5) is 17.4. The molecule has 0 saturated carbocycles. The Bertz CT molecular complexity index is 792. The minimum atomic E-state index is -0.0634. The Morgan fingerprint density at radius 1 is 1.15 bits per heavy atom. The SMILES string of the molecule is Cc1ccsc1C(=O)Nc1ccc(C)c2ncccc12. The van der Waals surface area contributed by atoms with Gasteiger partial charge in [-0.25, -0.2) is 0 Å². The molecular formula is C16H14N2OS. The number of rotatable bonds is 2. The summed E-state index contributed by atoms with van der Waals surface area (Å²) in [6, 6.07) is 9.72. The molecule has 4 heteroatoms. The van der Waals surface area contributed by atoms with Crippen LogP contribution in [0.5, 0.6) is 0 Å². The second-order valence-electron chi connectivity index (χ2n) is 4.72. The van der Waals surface area contributed by atoms with Gasteiger partial charge in [0.25, 0.3) is 5.91 Å². The van der Waals surface area contributed by atoms with Crippen molar-refractivity contribution in [1.82, 2.24) is 4.98 Å². The fourth-order valence-electron chi connectivity index (χ4n) is 2.21. The molecule has 2 heterocycles. The average molecular weight is 282 g/mol. The highest BCUT2D eigenvalue weighted by Gasteiger charge is 2.12. The molecule has 1 aromatic carbocycles. The fraction of sp³-hybridized carbons (Fsp3) is 0.125. The lowest BCUT2D eigenvalue weighted by molar-refractivity contribution is 0.103. The number of benzene rings is 1. The number of carbonyl (C=O) groups is 1. The summed E-state index contributed by atoms with van der Waals surface area (Å²) < 4.78 is 0. The second-order valence-corrected chi connectivity index (χ2v) is 5.63. The maximum absolute atomic E-state index is 12.3. The van der Waals surface area contributed by atoms with Gasteiger partial charge in [-0.15, -0.1) is 11.3 Å². The molecule has 1 N–H and O–H groups in total. The van der Waals surface area contributed by atoms with E-state index in [1.165, 1.54) is 11.3 Å². The minimum absolute atomic E-state index is 0.0634. The van der Waals surface area contributed by atoms with Crippen molar-refractivity contribution in [3.8, 4) is 0 Å². The highest BCUT2D eigenvalue weighted by atomic mass is 32.1. The van der Waals surface area contributed by atoms with Gasteiger partial charge in [0.2, 0.25) is 0 Å². The highest BCUT2D eigenvalue weighted by molar-refractivity contribution is 7.12. The smallest absolute Gasteiger partial charge is 0.266 e. The van der Waals surface area contributed by atoms with Crippen molar-refractivity contribution in [2.75, 3.05) is 5.32 Å². The number of carbonyl (C=O) groups excluding carboxylic acids is 1. The Morgan fingerprint density at radius 2 is 2.00 bits per heavy atom. The van der Waals surface area contributed by atoms with Crippen molar-refractivity contribution in [2.45, 2.75) is 13.8 Å². The molecule has 3 rings (SSSR count). The lowest BCUT2D eigenvalue weighted by Gasteiger charge is -2.09. The second kappa shape index (κ2) is 5.06. The van der Waals surface area contributed by atoms with E-state index in [-0.39, 0.29) is 5.91 Å². The predicted octanol–water partition coefficient (Wildman–Crippen LogP) is 4.17. The van der Waals surface area contributed by atoms with Crippen molar-refractivity contribution in [2.24, 2.45) is 0 Å². The quantitative estimate of drug-likeness (QED) is 0.766. The number of nitrogens with one attached hydrogen (secondary N) is 1. The van der Waals surface area contributed by atoms with E-state index in [0.29, 0.717) is 0 Å². The third kappa shape index (κ3) is 2.18. The van der Waals surface area contributed by atoms with Crippen LogP contribution in [-0.2, 0) is 0 Å². The van der Waals surface area contributed by atoms with Crippen molar-refractivity contribution in [3.63, 3.8) is 0 Å². The standard InChI is InChI=1S/C16H14N2OS/c1-10-5-6-13(12-4-3-8-17-14(10)12)18-16(19)15-11(2)7-9-20-15/h3-9H,1-2H3,(H,18,19). The van der Waals surface area contributed by atoms with Gasteiger partial charge in [-0.2, -0.15) is 0 Å². The molecule has 0 unspecified atom stereocenters. The molecule has 0 aliphatic carbocycles. The molecule has 0 aliphatic rings. The predicted molar refractivity (Wildman–Crippen MR) is 83.5 cm³/mol. The molecule has 0 bridgehead atoms. The average Bonchev–Trinajstić information content (AvgIpc) is 2.88. The molecule has 0 spiro atoms. The largest absolute Gasteiger partial charge is 0.321 e. The van der Waals surface area contributed by atoms with Gasteiger partial charge in [0.05, 0.1) is 16.1 Å². The van der Waals surface area contributed by atoms with Crippen LogP contribution >= 0.6 is 11.3 Å². The monoisotopic (exact) mass is 282 g/mol. The molecule has 3 nitrogen and oxygen atoms in total. The van der Waals surface area contributed by atoms with E-state index < -0.39 is 0 Å². The maximum Gasteiger partial charge on any atom is 0.266 e. The van der Waals surface area contributed by atoms with E-state index in [1.807, 2.05) is 49.6 Å². The third-order valence-electron chi connectivity index (χ3n) is 3.29. The van der Waals surface area contributed by atoms with E-state index >= 15 is 0 Å². The maximum atomic E-state index is 12.3. The number of anilines is 1. The third-order valence-corrected chi connectivity index (χ3v) is 4.30. The number of thiophene rings is 1. The number of aromatic nitrogens is 1. The van der Waals surface area contributed by atoms with Gasteiger partial charge in [0.1, 0.15) is 0 Å². The number of aryl methyl sites for hydroxylation is 2. The summed E-state index contributed by atoms with van der Waals surface area (Å²) in [6.07, 6.45) is 1.77. The lowest BCUT2D eigenvalue weighted by Crippen LogP contribution is -2.11. The number of hydrogen-bond donors (Lipinski definition) is 1. The van der Waals surface area contributed by atoms with Gasteiger partial charge in [-0.3, -0.25) is 9.78 Å². The van der Waals surface area contributed by atoms with Gasteiger partial charge in [0, 0.05) is 11.6 Å². The molecule has 1 amide bonds. The van der Waals surface area contributed by atoms with Crippen molar-refractivity contribution < 1.29 is 4.79 Å². The van der Waals surface area contributed by atoms with Crippen LogP contribution in [0.1, 0.15) is 20.8 Å². The Morgan fingerprint density at radius 3 is 2.75 bits per heavy atom. The first kappa shape index (κ1) is 12.8. The Hall–Kier alpha value is -2.20. The first-order valence-corrected chi connectivity index (χ1v) is 7.24. The van der Waals surface area contributed by atoms with E-state index in [9.17, 15) is 4.79 Å². The normalized spacial score (nSPS) is 10.7. The van der Waals surface area contributed by atoms with E-state index in [1.54, 1.807) is 6.20 Å². The molecule has 20 heavy (non-hydrogen) atoms. The van der Waals surface area contributed by atoms with Gasteiger partial charge in [0.15, 0.2) is 0 Å². The topological polar surface area (TPSA) is 42.0 Å². The summed E-state index contributed by atoms with van der Waals surface area (Å²) in [5, 5.41) is 5.88. The lowest BCUT2D eigenvalue weighted by atomic mass is 10.1. The first-order valence-electron chi connectivity index (χ1n) is 6.36. The summed E-state index contributed by atoms with van der Waals surface area (Å²) in [6.45, 7) is 3.96. The summed E-state index contributed by atoms with van der Waals surface area (Å²) in [5.74, 6) is -0.0634. The Labute approximate surface area is 121 Å². The van der Waals surface area contributed by atoms with Gasteiger partial charge in [-0.05, 0) is 54.6 Å². The van der Waals surface area contributed by atoms with Crippen LogP contribution in [0, 0.1) is 13.8 Å². The zero-order valence-electron chi connectivity index (χ0n) is 11.3. The van der Waals surface area contributed by atoms with Gasteiger partial charge >= 0.3 is 0 Å². The number of fused-ring (bicyclic) bond motifs is 1. The Kier molecular flexibility index (Phi) is 3.24. The van der Waals surface area contributed by atoms with Gasteiger partial charge < -0.3 is 5.32 Å². The molecule has 0 saturated heterocycles. The number of pyridine rings is 1. The van der Waals surface area contributed by atoms with Crippen molar-refractivity contribution >= 4 is 33.8 Å². The molecule has 100 valence electrons. The molecule has 3 aromatic rings. The van der Waals surface area contributed by atoms with Crippen LogP contribution in [0.15, 0.2) is 41.9 Å². The summed E-state index contributed by atoms with van der Waals surface area (Å²) >= 11 is 1.46. The number of nitrogens with zero attached hydrogens (tertiary/aromatic N) is 1. The molecular weight excluding hydrogens is 268 g/mol. The van der Waals surface area contributed by atoms with Crippen LogP contribution in [0.3, 0.4) is 0 Å². The van der Waals surface area contributed by atoms with E-state index in [2.05, 4.69) is 10.3 Å². The molecule has 0 fully saturated rings. The van der Waals surface area contributed by atoms with Crippen LogP contribution in [0.25, 0.3) is 10.9 Å². The van der Waals surface area contributed by atoms with Crippen molar-refractivity contribution in [1.29, 1.82) is 0 Å². The summed E-state index contributed by atoms with van der Waals surface area (Å²) in [5.41, 5.74) is 3.83. The Balaban J connectivity index is 2.02. The molecule has 0 aliphatic heterocycles. The van der Waals surface area contributed by atoms with Crippen LogP contribution in [0.4, 0.5) is 5.69 Å². The number of amides is 1. The van der Waals surface area contributed by atoms with Crippen LogP contribution < -0.4 is 5.32 Å². The van der Waals surface area contributed by atoms with E-state index in [0.717, 1.165) is 32.6 Å². The van der Waals surface area contributed by atoms with Crippen molar-refractivity contribution in [3.05, 3.63) is 57.9 Å². The highest BCUT2D eigenvalue weighted by Crippen LogP contribution is 2.26. The minimum Gasteiger partial charge on any atom is -0.321 e. The molecule has 0 atom stereocenters. The molecule has 0 radical (unpaired) electrons. The van der Waals surface area contributed by atoms with Crippen LogP contribution in [-0.4, -0.2) is 10.9 Å². The fourth-order valence-corrected chi connectivity index (χ4v) is 3.03. The van der Waals surface area contributed by atoms with Crippen LogP contribution in [0.2, 0.25) is 0 Å². The van der Waals surface area contributed by atoms with Gasteiger partial charge in [-0.1, -0.05) is 6.07 Å². The molecule has 2 aromatic heterocycles. The zero-order chi connectivity index (χ0) is 14.1. The van der Waals surface area contributed by atoms with E-state index in [4.69, 9.17) is 0 Å².